The molecule has 6 heteroatoms. The molecule has 0 radical (unpaired) electrons. The molecule has 0 saturated heterocycles. The molecule has 2 nitrogen and oxygen atoms in total. The summed E-state index contributed by atoms with van der Waals surface area (Å²) in [4.78, 5) is 24.4. The average molecular weight is 367 g/mol. The van der Waals surface area contributed by atoms with E-state index in [0.29, 0.717) is 5.02 Å². The fourth-order valence-electron chi connectivity index (χ4n) is 2.31. The third kappa shape index (κ3) is 4.79. The Bertz CT molecular complexity index is 781. The van der Waals surface area contributed by atoms with Gasteiger partial charge < -0.3 is 0 Å². The van der Waals surface area contributed by atoms with E-state index in [1.54, 1.807) is 18.2 Å². The summed E-state index contributed by atoms with van der Waals surface area (Å²) >= 11 is 5.70. The van der Waals surface area contributed by atoms with Crippen LogP contribution < -0.4 is 0 Å². The number of hydrogen-bond acceptors (Lipinski definition) is 2. The summed E-state index contributed by atoms with van der Waals surface area (Å²) in [6, 6.07) is 13.1. The minimum atomic E-state index is -4.76. The molecule has 2 aromatic carbocycles. The predicted octanol–water partition coefficient (Wildman–Crippen LogP) is 5.53. The van der Waals surface area contributed by atoms with E-state index in [0.717, 1.165) is 0 Å². The van der Waals surface area contributed by atoms with Gasteiger partial charge >= 0.3 is 6.18 Å². The molecule has 0 aliphatic rings. The van der Waals surface area contributed by atoms with E-state index in [-0.39, 0.29) is 11.1 Å². The highest BCUT2D eigenvalue weighted by atomic mass is 35.5. The Morgan fingerprint density at radius 3 is 2.04 bits per heavy atom. The third-order valence-corrected chi connectivity index (χ3v) is 3.95. The number of benzene rings is 2. The Hall–Kier alpha value is -2.40. The molecule has 2 aromatic rings. The SMILES string of the molecule is C=C(C(=O)c1ccccc1)[C@H](CC(=O)c1ccc(Cl)cc1)C(F)(F)F. The maximum absolute atomic E-state index is 13.4. The molecule has 0 amide bonds. The van der Waals surface area contributed by atoms with Crippen molar-refractivity contribution in [3.63, 3.8) is 0 Å². The molecule has 2 rings (SSSR count). The van der Waals surface area contributed by atoms with Crippen LogP contribution in [0.4, 0.5) is 13.2 Å². The van der Waals surface area contributed by atoms with Crippen LogP contribution in [0.1, 0.15) is 27.1 Å². The maximum atomic E-state index is 13.4. The van der Waals surface area contributed by atoms with Crippen LogP contribution in [0.25, 0.3) is 0 Å². The molecule has 130 valence electrons. The second-order valence-electron chi connectivity index (χ2n) is 5.45. The van der Waals surface area contributed by atoms with Crippen molar-refractivity contribution in [3.8, 4) is 0 Å². The molecule has 0 aliphatic carbocycles. The fourth-order valence-corrected chi connectivity index (χ4v) is 2.43. The van der Waals surface area contributed by atoms with Crippen LogP contribution in [0.2, 0.25) is 5.02 Å². The minimum Gasteiger partial charge on any atom is -0.294 e. The third-order valence-electron chi connectivity index (χ3n) is 3.70. The normalized spacial score (nSPS) is 12.5. The van der Waals surface area contributed by atoms with Crippen LogP contribution in [0, 0.1) is 5.92 Å². The van der Waals surface area contributed by atoms with Gasteiger partial charge in [0.05, 0.1) is 5.92 Å². The Morgan fingerprint density at radius 1 is 0.960 bits per heavy atom. The molecule has 0 heterocycles. The fraction of sp³-hybridized carbons (Fsp3) is 0.158. The lowest BCUT2D eigenvalue weighted by molar-refractivity contribution is -0.162. The lowest BCUT2D eigenvalue weighted by Crippen LogP contribution is -2.30. The van der Waals surface area contributed by atoms with E-state index < -0.39 is 35.7 Å². The second kappa shape index (κ2) is 7.66. The molecule has 0 fully saturated rings. The van der Waals surface area contributed by atoms with Crippen molar-refractivity contribution in [3.05, 3.63) is 82.9 Å². The van der Waals surface area contributed by atoms with E-state index >= 15 is 0 Å². The summed E-state index contributed by atoms with van der Waals surface area (Å²) in [7, 11) is 0. The molecule has 0 N–H and O–H groups in total. The van der Waals surface area contributed by atoms with Crippen molar-refractivity contribution in [2.24, 2.45) is 5.92 Å². The van der Waals surface area contributed by atoms with Crippen molar-refractivity contribution in [1.82, 2.24) is 0 Å². The van der Waals surface area contributed by atoms with Crippen molar-refractivity contribution < 1.29 is 22.8 Å². The number of allylic oxidation sites excluding steroid dienone is 1. The van der Waals surface area contributed by atoms with Crippen molar-refractivity contribution >= 4 is 23.2 Å². The summed E-state index contributed by atoms with van der Waals surface area (Å²) in [5.41, 5.74) is -0.458. The van der Waals surface area contributed by atoms with Crippen LogP contribution in [0.15, 0.2) is 66.7 Å². The first kappa shape index (κ1) is 18.9. The number of rotatable bonds is 6. The molecule has 25 heavy (non-hydrogen) atoms. The zero-order valence-electron chi connectivity index (χ0n) is 13.0. The number of carbonyl (C=O) groups excluding carboxylic acids is 2. The highest BCUT2D eigenvalue weighted by Gasteiger charge is 2.44. The van der Waals surface area contributed by atoms with Gasteiger partial charge in [-0.1, -0.05) is 48.5 Å². The van der Waals surface area contributed by atoms with Crippen LogP contribution in [-0.2, 0) is 0 Å². The zero-order chi connectivity index (χ0) is 18.6. The van der Waals surface area contributed by atoms with Crippen molar-refractivity contribution in [2.45, 2.75) is 12.6 Å². The predicted molar refractivity (Wildman–Crippen MR) is 89.9 cm³/mol. The maximum Gasteiger partial charge on any atom is 0.396 e. The largest absolute Gasteiger partial charge is 0.396 e. The van der Waals surface area contributed by atoms with E-state index in [2.05, 4.69) is 6.58 Å². The van der Waals surface area contributed by atoms with E-state index in [9.17, 15) is 22.8 Å². The van der Waals surface area contributed by atoms with Crippen molar-refractivity contribution in [1.29, 1.82) is 0 Å². The summed E-state index contributed by atoms with van der Waals surface area (Å²) in [6.45, 7) is 3.32. The van der Waals surface area contributed by atoms with Gasteiger partial charge in [0.1, 0.15) is 0 Å². The van der Waals surface area contributed by atoms with Gasteiger partial charge in [0.15, 0.2) is 11.6 Å². The quantitative estimate of drug-likeness (QED) is 0.497. The molecule has 0 aromatic heterocycles. The highest BCUT2D eigenvalue weighted by molar-refractivity contribution is 6.30. The monoisotopic (exact) mass is 366 g/mol. The number of ketones is 2. The highest BCUT2D eigenvalue weighted by Crippen LogP contribution is 2.36. The zero-order valence-corrected chi connectivity index (χ0v) is 13.8. The van der Waals surface area contributed by atoms with Gasteiger partial charge in [-0.3, -0.25) is 9.59 Å². The van der Waals surface area contributed by atoms with Crippen LogP contribution in [0.3, 0.4) is 0 Å². The topological polar surface area (TPSA) is 34.1 Å². The minimum absolute atomic E-state index is 0.0959. The van der Waals surface area contributed by atoms with E-state index in [1.807, 2.05) is 0 Å². The van der Waals surface area contributed by atoms with Gasteiger partial charge in [-0.25, -0.2) is 0 Å². The lowest BCUT2D eigenvalue weighted by Gasteiger charge is -2.21. The lowest BCUT2D eigenvalue weighted by atomic mass is 9.87. The molecule has 0 aliphatic heterocycles. The summed E-state index contributed by atoms with van der Waals surface area (Å²) in [5, 5.41) is 0.368. The van der Waals surface area contributed by atoms with Gasteiger partial charge in [0.25, 0.3) is 0 Å². The Kier molecular flexibility index (Phi) is 5.80. The first-order chi connectivity index (χ1) is 11.7. The summed E-state index contributed by atoms with van der Waals surface area (Å²) < 4.78 is 40.2. The average Bonchev–Trinajstić information content (AvgIpc) is 2.58. The number of carbonyl (C=O) groups is 2. The number of Topliss-reactive ketones (excluding diaryl/α,β-unsaturated/α-hetero) is 2. The smallest absolute Gasteiger partial charge is 0.294 e. The number of hydrogen-bond donors (Lipinski definition) is 0. The molecule has 0 saturated carbocycles. The van der Waals surface area contributed by atoms with Crippen LogP contribution in [-0.4, -0.2) is 17.7 Å². The van der Waals surface area contributed by atoms with E-state index in [1.165, 1.54) is 36.4 Å². The molecular weight excluding hydrogens is 353 g/mol. The summed E-state index contributed by atoms with van der Waals surface area (Å²) in [6.07, 6.45) is -5.65. The first-order valence-electron chi connectivity index (χ1n) is 7.34. The van der Waals surface area contributed by atoms with Gasteiger partial charge in [-0.15, -0.1) is 0 Å². The van der Waals surface area contributed by atoms with E-state index in [4.69, 9.17) is 11.6 Å². The van der Waals surface area contributed by atoms with Crippen molar-refractivity contribution in [2.75, 3.05) is 0 Å². The van der Waals surface area contributed by atoms with Gasteiger partial charge in [0.2, 0.25) is 0 Å². The standard InChI is InChI=1S/C19H14ClF3O2/c1-12(18(25)14-5-3-2-4-6-14)16(19(21,22)23)11-17(24)13-7-9-15(20)10-8-13/h2-10,16H,1,11H2/t16-/m0/s1. The van der Waals surface area contributed by atoms with Gasteiger partial charge in [-0.05, 0) is 24.3 Å². The van der Waals surface area contributed by atoms with Crippen LogP contribution >= 0.6 is 11.6 Å². The Labute approximate surface area is 147 Å². The number of alkyl halides is 3. The molecular formula is C19H14ClF3O2. The Balaban J connectivity index is 2.24. The second-order valence-corrected chi connectivity index (χ2v) is 5.89. The van der Waals surface area contributed by atoms with Gasteiger partial charge in [0, 0.05) is 28.1 Å². The first-order valence-corrected chi connectivity index (χ1v) is 7.72. The molecule has 1 atom stereocenters. The van der Waals surface area contributed by atoms with Crippen LogP contribution in [0.5, 0.6) is 0 Å². The molecule has 0 spiro atoms. The number of halogens is 4. The Morgan fingerprint density at radius 2 is 1.52 bits per heavy atom. The van der Waals surface area contributed by atoms with Gasteiger partial charge in [-0.2, -0.15) is 13.2 Å². The molecule has 0 bridgehead atoms. The molecule has 0 unspecified atom stereocenters. The summed E-state index contributed by atoms with van der Waals surface area (Å²) in [5.74, 6) is -3.81.